The number of hydrogen-bond donors (Lipinski definition) is 2. The van der Waals surface area contributed by atoms with Crippen LogP contribution in [-0.4, -0.2) is 70.0 Å². The number of amides is 2. The van der Waals surface area contributed by atoms with Crippen molar-refractivity contribution in [1.29, 1.82) is 0 Å². The summed E-state index contributed by atoms with van der Waals surface area (Å²) in [6.45, 7) is 13.5. The molecule has 0 unspecified atom stereocenters. The van der Waals surface area contributed by atoms with Gasteiger partial charge in [-0.1, -0.05) is 68.2 Å². The van der Waals surface area contributed by atoms with Gasteiger partial charge >= 0.3 is 12.0 Å². The topological polar surface area (TPSA) is 107 Å². The third-order valence-electron chi connectivity index (χ3n) is 9.42. The minimum Gasteiger partial charge on any atom is -0.493 e. The van der Waals surface area contributed by atoms with Crippen LogP contribution < -0.4 is 10.1 Å². The number of aromatic nitrogens is 1. The first kappa shape index (κ1) is 34.7. The van der Waals surface area contributed by atoms with Crippen LogP contribution in [0.25, 0.3) is 0 Å². The number of nitrogens with zero attached hydrogens (tertiary/aromatic N) is 4. The Morgan fingerprint density at radius 3 is 2.11 bits per heavy atom. The number of aliphatic imine (C=N–C) groups is 1. The first-order chi connectivity index (χ1) is 22.2. The van der Waals surface area contributed by atoms with Gasteiger partial charge in [0.2, 0.25) is 0 Å². The minimum atomic E-state index is -1.04. The van der Waals surface area contributed by atoms with Crippen molar-refractivity contribution in [3.05, 3.63) is 93.2 Å². The van der Waals surface area contributed by atoms with Gasteiger partial charge in [-0.05, 0) is 69.0 Å². The van der Waals surface area contributed by atoms with Crippen molar-refractivity contribution in [2.75, 3.05) is 26.2 Å². The van der Waals surface area contributed by atoms with Crippen LogP contribution >= 0.6 is 23.2 Å². The van der Waals surface area contributed by atoms with E-state index in [0.29, 0.717) is 59.7 Å². The van der Waals surface area contributed by atoms with Crippen LogP contribution in [0.15, 0.2) is 65.8 Å². The zero-order chi connectivity index (χ0) is 34.1. The second-order valence-corrected chi connectivity index (χ2v) is 14.4. The molecule has 1 aromatic heterocycles. The monoisotopic (exact) mass is 679 g/mol. The van der Waals surface area contributed by atoms with Crippen molar-refractivity contribution >= 4 is 41.0 Å². The molecule has 2 atom stereocenters. The Balaban J connectivity index is 1.70. The summed E-state index contributed by atoms with van der Waals surface area (Å²) in [5.41, 5.74) is 0.947. The second-order valence-electron chi connectivity index (χ2n) is 13.5. The number of rotatable bonds is 8. The van der Waals surface area contributed by atoms with Crippen molar-refractivity contribution in [2.45, 2.75) is 76.9 Å². The Labute approximate surface area is 286 Å². The first-order valence-corrected chi connectivity index (χ1v) is 16.7. The van der Waals surface area contributed by atoms with Crippen LogP contribution in [-0.2, 0) is 21.3 Å². The van der Waals surface area contributed by atoms with E-state index in [0.717, 1.165) is 16.8 Å². The normalized spacial score (nSPS) is 21.9. The Morgan fingerprint density at radius 2 is 1.57 bits per heavy atom. The number of benzene rings is 2. The molecular weight excluding hydrogens is 637 g/mol. The number of likely N-dealkylation sites (tertiary alicyclic amines) is 1. The van der Waals surface area contributed by atoms with Gasteiger partial charge < -0.3 is 20.1 Å². The number of pyridine rings is 1. The SMILES string of the molecule is CCOc1cc(C(C)(C)C)ncc1C1=N[C@@](C)(c2ccc(Cl)cc2)[C@@](C)(c2ccc(Cl)cc2)N1C(=O)N1CCC(NCC(=O)O)CC1. The van der Waals surface area contributed by atoms with Gasteiger partial charge in [-0.3, -0.25) is 19.7 Å². The Hall–Kier alpha value is -3.66. The number of amidine groups is 1. The highest BCUT2D eigenvalue weighted by Crippen LogP contribution is 2.54. The van der Waals surface area contributed by atoms with Gasteiger partial charge in [0.1, 0.15) is 22.7 Å². The summed E-state index contributed by atoms with van der Waals surface area (Å²) < 4.78 is 6.23. The summed E-state index contributed by atoms with van der Waals surface area (Å²) in [6.07, 6.45) is 3.01. The lowest BCUT2D eigenvalue weighted by Crippen LogP contribution is -2.59. The summed E-state index contributed by atoms with van der Waals surface area (Å²) in [6, 6.07) is 16.9. The molecule has 3 heterocycles. The number of hydrogen-bond acceptors (Lipinski definition) is 6. The van der Waals surface area contributed by atoms with E-state index >= 15 is 4.79 Å². The average Bonchev–Trinajstić information content (AvgIpc) is 3.28. The molecular formula is C36H43Cl2N5O4. The number of halogens is 2. The molecule has 0 bridgehead atoms. The largest absolute Gasteiger partial charge is 0.493 e. The molecule has 2 aromatic carbocycles. The smallest absolute Gasteiger partial charge is 0.326 e. The molecule has 0 radical (unpaired) electrons. The maximum Gasteiger partial charge on any atom is 0.326 e. The van der Waals surface area contributed by atoms with Crippen LogP contribution in [0.2, 0.25) is 10.0 Å². The van der Waals surface area contributed by atoms with E-state index in [4.69, 9.17) is 43.0 Å². The highest BCUT2D eigenvalue weighted by Gasteiger charge is 2.60. The van der Waals surface area contributed by atoms with Crippen molar-refractivity contribution in [3.8, 4) is 5.75 Å². The van der Waals surface area contributed by atoms with Crippen LogP contribution in [0.1, 0.15) is 76.8 Å². The molecule has 2 aliphatic heterocycles. The molecule has 11 heteroatoms. The molecule has 2 amide bonds. The highest BCUT2D eigenvalue weighted by molar-refractivity contribution is 6.30. The summed E-state index contributed by atoms with van der Waals surface area (Å²) in [7, 11) is 0. The van der Waals surface area contributed by atoms with Gasteiger partial charge in [-0.2, -0.15) is 0 Å². The molecule has 47 heavy (non-hydrogen) atoms. The van der Waals surface area contributed by atoms with Gasteiger partial charge in [0.25, 0.3) is 0 Å². The van der Waals surface area contributed by atoms with E-state index in [2.05, 4.69) is 26.1 Å². The predicted molar refractivity (Wildman–Crippen MR) is 186 cm³/mol. The number of carboxylic acid groups (broad SMARTS) is 1. The quantitative estimate of drug-likeness (QED) is 0.260. The number of carboxylic acids is 1. The number of piperidine rings is 1. The Bertz CT molecular complexity index is 1650. The van der Waals surface area contributed by atoms with Gasteiger partial charge in [-0.15, -0.1) is 0 Å². The molecule has 1 saturated heterocycles. The number of carbonyl (C=O) groups excluding carboxylic acids is 1. The van der Waals surface area contributed by atoms with Crippen LogP contribution in [0.3, 0.4) is 0 Å². The van der Waals surface area contributed by atoms with Crippen LogP contribution in [0, 0.1) is 0 Å². The Morgan fingerprint density at radius 1 is 1.00 bits per heavy atom. The fourth-order valence-electron chi connectivity index (χ4n) is 6.51. The highest BCUT2D eigenvalue weighted by atomic mass is 35.5. The molecule has 0 saturated carbocycles. The summed E-state index contributed by atoms with van der Waals surface area (Å²) in [4.78, 5) is 40.1. The summed E-state index contributed by atoms with van der Waals surface area (Å²) in [5.74, 6) is 0.143. The lowest BCUT2D eigenvalue weighted by Gasteiger charge is -2.47. The first-order valence-electron chi connectivity index (χ1n) is 16.0. The van der Waals surface area contributed by atoms with Gasteiger partial charge in [0.15, 0.2) is 0 Å². The van der Waals surface area contributed by atoms with Crippen molar-refractivity contribution in [1.82, 2.24) is 20.1 Å². The number of nitrogens with one attached hydrogen (secondary N) is 1. The van der Waals surface area contributed by atoms with E-state index in [1.807, 2.05) is 80.3 Å². The average molecular weight is 681 g/mol. The van der Waals surface area contributed by atoms with E-state index in [9.17, 15) is 4.79 Å². The van der Waals surface area contributed by atoms with Crippen molar-refractivity contribution in [2.24, 2.45) is 4.99 Å². The lowest BCUT2D eigenvalue weighted by molar-refractivity contribution is -0.136. The fourth-order valence-corrected chi connectivity index (χ4v) is 6.76. The number of aliphatic carboxylic acids is 1. The van der Waals surface area contributed by atoms with E-state index in [-0.39, 0.29) is 24.0 Å². The Kier molecular flexibility index (Phi) is 9.92. The summed E-state index contributed by atoms with van der Waals surface area (Å²) >= 11 is 12.7. The zero-order valence-electron chi connectivity index (χ0n) is 27.8. The van der Waals surface area contributed by atoms with Gasteiger partial charge in [0.05, 0.1) is 18.7 Å². The molecule has 2 N–H and O–H groups in total. The lowest BCUT2D eigenvalue weighted by atomic mass is 9.71. The van der Waals surface area contributed by atoms with Crippen molar-refractivity contribution < 1.29 is 19.4 Å². The summed E-state index contributed by atoms with van der Waals surface area (Å²) in [5, 5.41) is 13.4. The maximum absolute atomic E-state index is 15.0. The fraction of sp³-hybridized carbons (Fsp3) is 0.444. The van der Waals surface area contributed by atoms with Gasteiger partial charge in [-0.25, -0.2) is 4.79 Å². The van der Waals surface area contributed by atoms with Gasteiger partial charge in [0, 0.05) is 52.5 Å². The number of ether oxygens (including phenoxy) is 1. The molecule has 3 aromatic rings. The van der Waals surface area contributed by atoms with Crippen LogP contribution in [0.5, 0.6) is 5.75 Å². The zero-order valence-corrected chi connectivity index (χ0v) is 29.3. The van der Waals surface area contributed by atoms with E-state index < -0.39 is 17.0 Å². The van der Waals surface area contributed by atoms with E-state index in [1.54, 1.807) is 11.1 Å². The standard InChI is InChI=1S/C36H43Cl2N5O4/c1-7-47-29-20-30(34(2,3)4)40-21-28(29)32-41-35(5,23-8-12-25(37)13-9-23)36(6,24-10-14-26(38)15-11-24)43(32)33(46)42-18-16-27(17-19-42)39-22-31(44)45/h8-15,20-21,27,39H,7,16-19,22H2,1-6H3,(H,44,45)/t35-,36+/m0/s1. The molecule has 5 rings (SSSR count). The van der Waals surface area contributed by atoms with Crippen LogP contribution in [0.4, 0.5) is 4.79 Å². The number of urea groups is 1. The minimum absolute atomic E-state index is 0.00236. The van der Waals surface area contributed by atoms with E-state index in [1.165, 1.54) is 0 Å². The molecule has 250 valence electrons. The molecule has 0 aliphatic carbocycles. The number of carbonyl (C=O) groups is 2. The van der Waals surface area contributed by atoms with Crippen molar-refractivity contribution in [3.63, 3.8) is 0 Å². The molecule has 9 nitrogen and oxygen atoms in total. The third-order valence-corrected chi connectivity index (χ3v) is 9.93. The molecule has 2 aliphatic rings. The molecule has 1 fully saturated rings. The predicted octanol–water partition coefficient (Wildman–Crippen LogP) is 7.24. The second kappa shape index (κ2) is 13.5. The molecule has 0 spiro atoms. The third kappa shape index (κ3) is 6.71. The maximum atomic E-state index is 15.0.